The van der Waals surface area contributed by atoms with E-state index in [2.05, 4.69) is 93.1 Å². The van der Waals surface area contributed by atoms with Gasteiger partial charge in [0, 0.05) is 0 Å². The quantitative estimate of drug-likeness (QED) is 0.530. The second kappa shape index (κ2) is 7.32. The normalized spacial score (nSPS) is 24.0. The summed E-state index contributed by atoms with van der Waals surface area (Å²) in [6, 6.07) is 0. The molecular weight excluding hydrogens is 276 g/mol. The highest BCUT2D eigenvalue weighted by molar-refractivity contribution is 5.54. The second-order valence-electron chi connectivity index (χ2n) is 8.91. The first-order chi connectivity index (χ1) is 10.6. The zero-order chi connectivity index (χ0) is 17.3. The number of hydrogen-bond acceptors (Lipinski definition) is 0. The molecular formula is C23H32. The largest absolute Gasteiger partial charge is 0.0850 e. The zero-order valence-electron chi connectivity index (χ0n) is 16.0. The second-order valence-corrected chi connectivity index (χ2v) is 8.91. The van der Waals surface area contributed by atoms with Crippen LogP contribution in [-0.2, 0) is 0 Å². The molecule has 0 spiro atoms. The molecule has 2 fully saturated rings. The molecule has 2 aliphatic carbocycles. The Balaban J connectivity index is 1.97. The van der Waals surface area contributed by atoms with Gasteiger partial charge in [-0.25, -0.2) is 0 Å². The third-order valence-corrected chi connectivity index (χ3v) is 4.53. The van der Waals surface area contributed by atoms with E-state index < -0.39 is 0 Å². The summed E-state index contributed by atoms with van der Waals surface area (Å²) in [4.78, 5) is 0. The summed E-state index contributed by atoms with van der Waals surface area (Å²) in [5, 5.41) is 0. The van der Waals surface area contributed by atoms with E-state index in [0.717, 1.165) is 12.8 Å². The first-order valence-electron chi connectivity index (χ1n) is 8.74. The molecule has 0 aromatic heterocycles. The highest BCUT2D eigenvalue weighted by Gasteiger charge is 2.45. The van der Waals surface area contributed by atoms with Crippen LogP contribution in [0.3, 0.4) is 0 Å². The van der Waals surface area contributed by atoms with Crippen LogP contribution in [0.5, 0.6) is 0 Å². The molecule has 0 aliphatic heterocycles. The van der Waals surface area contributed by atoms with Crippen molar-refractivity contribution >= 4 is 0 Å². The summed E-state index contributed by atoms with van der Waals surface area (Å²) in [5.41, 5.74) is 1.87. The lowest BCUT2D eigenvalue weighted by Gasteiger charge is -2.31. The predicted octanol–water partition coefficient (Wildman–Crippen LogP) is 6.36. The molecule has 0 amide bonds. The van der Waals surface area contributed by atoms with Crippen LogP contribution in [0.4, 0.5) is 0 Å². The molecule has 0 saturated heterocycles. The van der Waals surface area contributed by atoms with Gasteiger partial charge < -0.3 is 0 Å². The molecule has 0 aromatic rings. The van der Waals surface area contributed by atoms with E-state index in [0.29, 0.717) is 0 Å². The molecule has 0 nitrogen and oxygen atoms in total. The van der Waals surface area contributed by atoms with Gasteiger partial charge in [-0.2, -0.15) is 0 Å². The Morgan fingerprint density at radius 1 is 0.913 bits per heavy atom. The van der Waals surface area contributed by atoms with Crippen LogP contribution in [-0.4, -0.2) is 0 Å². The lowest BCUT2D eigenvalue weighted by molar-refractivity contribution is 0.432. The van der Waals surface area contributed by atoms with Gasteiger partial charge in [0.25, 0.3) is 0 Å². The fourth-order valence-electron chi connectivity index (χ4n) is 3.07. The maximum Gasteiger partial charge on any atom is -0.00734 e. The Kier molecular flexibility index (Phi) is 6.07. The minimum absolute atomic E-state index is 0.201. The van der Waals surface area contributed by atoms with Gasteiger partial charge in [-0.05, 0) is 92.8 Å². The molecule has 124 valence electrons. The highest BCUT2D eigenvalue weighted by Crippen LogP contribution is 2.55. The first kappa shape index (κ1) is 19.1. The molecule has 0 bridgehead atoms. The standard InChI is InChI=1S/C23H32/c1-17(14-18-10-8-9-11-18)12-13-19-15-20(22(2,3)4)16-21(19)23(5,6)7/h8-12,15-16H,13-14H2,1-7H3/b17-12-. The molecule has 2 saturated carbocycles. The van der Waals surface area contributed by atoms with Crippen molar-refractivity contribution in [2.75, 3.05) is 0 Å². The Morgan fingerprint density at radius 2 is 1.52 bits per heavy atom. The molecule has 0 unspecified atom stereocenters. The minimum Gasteiger partial charge on any atom is -0.0850 e. The topological polar surface area (TPSA) is 0 Å². The van der Waals surface area contributed by atoms with Gasteiger partial charge in [-0.15, -0.1) is 0 Å². The van der Waals surface area contributed by atoms with E-state index in [1.807, 2.05) is 0 Å². The van der Waals surface area contributed by atoms with Crippen LogP contribution >= 0.6 is 0 Å². The molecule has 23 heavy (non-hydrogen) atoms. The molecule has 2 aliphatic rings. The van der Waals surface area contributed by atoms with Crippen LogP contribution in [0.25, 0.3) is 0 Å². The van der Waals surface area contributed by atoms with E-state index in [9.17, 15) is 0 Å². The summed E-state index contributed by atoms with van der Waals surface area (Å²) in [5.74, 6) is 5.86. The number of hydrogen-bond donors (Lipinski definition) is 0. The Bertz CT molecular complexity index is 395. The minimum atomic E-state index is 0.201. The molecule has 0 heterocycles. The third kappa shape index (κ3) is 5.36. The molecule has 0 aromatic carbocycles. The van der Waals surface area contributed by atoms with Gasteiger partial charge in [-0.1, -0.05) is 53.2 Å². The average Bonchev–Trinajstić information content (AvgIpc) is 3.03. The summed E-state index contributed by atoms with van der Waals surface area (Å²) in [6.45, 7) is 16.1. The van der Waals surface area contributed by atoms with Crippen molar-refractivity contribution in [3.05, 3.63) is 73.8 Å². The number of allylic oxidation sites excluding steroid dienone is 2. The van der Waals surface area contributed by atoms with Crippen molar-refractivity contribution in [1.82, 2.24) is 0 Å². The smallest absolute Gasteiger partial charge is 0.00734 e. The van der Waals surface area contributed by atoms with Crippen LogP contribution in [0.1, 0.15) is 61.3 Å². The van der Waals surface area contributed by atoms with Gasteiger partial charge in [-0.3, -0.25) is 0 Å². The summed E-state index contributed by atoms with van der Waals surface area (Å²) in [7, 11) is 0. The Labute approximate surface area is 146 Å². The maximum absolute atomic E-state index is 2.43. The zero-order valence-corrected chi connectivity index (χ0v) is 16.0. The molecule has 0 N–H and O–H groups in total. The van der Waals surface area contributed by atoms with Crippen molar-refractivity contribution in [2.45, 2.75) is 61.3 Å². The van der Waals surface area contributed by atoms with Crippen molar-refractivity contribution in [2.24, 2.45) is 10.8 Å². The van der Waals surface area contributed by atoms with Gasteiger partial charge in [0.15, 0.2) is 0 Å². The summed E-state index contributed by atoms with van der Waals surface area (Å²) in [6.07, 6.45) is 18.0. The van der Waals surface area contributed by atoms with Crippen LogP contribution in [0.2, 0.25) is 0 Å². The van der Waals surface area contributed by atoms with Gasteiger partial charge in [0.05, 0.1) is 0 Å². The van der Waals surface area contributed by atoms with E-state index in [1.165, 1.54) is 29.2 Å². The molecule has 0 atom stereocenters. The van der Waals surface area contributed by atoms with E-state index in [-0.39, 0.29) is 10.8 Å². The SMILES string of the molecule is C/C(=C/C[C]1[CH][C](C(C)(C)C)[CH][C]1C(C)(C)C)C[C]1[CH][CH][CH][CH]1. The van der Waals surface area contributed by atoms with Crippen molar-refractivity contribution in [3.8, 4) is 0 Å². The van der Waals surface area contributed by atoms with Crippen LogP contribution < -0.4 is 0 Å². The van der Waals surface area contributed by atoms with Crippen molar-refractivity contribution in [3.63, 3.8) is 0 Å². The van der Waals surface area contributed by atoms with Crippen molar-refractivity contribution < 1.29 is 0 Å². The van der Waals surface area contributed by atoms with E-state index in [4.69, 9.17) is 0 Å². The summed E-state index contributed by atoms with van der Waals surface area (Å²) >= 11 is 0. The van der Waals surface area contributed by atoms with Crippen molar-refractivity contribution in [1.29, 1.82) is 0 Å². The average molecular weight is 309 g/mol. The van der Waals surface area contributed by atoms with Crippen LogP contribution in [0.15, 0.2) is 11.6 Å². The van der Waals surface area contributed by atoms with Crippen LogP contribution in [0, 0.1) is 73.0 Å². The highest BCUT2D eigenvalue weighted by atomic mass is 14.5. The third-order valence-electron chi connectivity index (χ3n) is 4.53. The van der Waals surface area contributed by atoms with Gasteiger partial charge in [0.2, 0.25) is 0 Å². The Hall–Kier alpha value is -0.260. The predicted molar refractivity (Wildman–Crippen MR) is 101 cm³/mol. The van der Waals surface area contributed by atoms with Gasteiger partial charge in [0.1, 0.15) is 0 Å². The summed E-state index contributed by atoms with van der Waals surface area (Å²) < 4.78 is 0. The lowest BCUT2D eigenvalue weighted by atomic mass is 9.73. The van der Waals surface area contributed by atoms with Gasteiger partial charge >= 0.3 is 0 Å². The fraction of sp³-hybridized carbons (Fsp3) is 0.478. The fourth-order valence-corrected chi connectivity index (χ4v) is 3.07. The maximum atomic E-state index is 2.43. The lowest BCUT2D eigenvalue weighted by Crippen LogP contribution is -2.22. The van der Waals surface area contributed by atoms with E-state index in [1.54, 1.807) is 0 Å². The molecule has 10 radical (unpaired) electrons. The first-order valence-corrected chi connectivity index (χ1v) is 8.74. The van der Waals surface area contributed by atoms with E-state index >= 15 is 0 Å². The number of rotatable bonds is 4. The molecule has 0 heteroatoms. The molecule has 2 rings (SSSR count). The monoisotopic (exact) mass is 308 g/mol. The Morgan fingerprint density at radius 3 is 2.04 bits per heavy atom.